The summed E-state index contributed by atoms with van der Waals surface area (Å²) in [7, 11) is 0. The third-order valence-corrected chi connectivity index (χ3v) is 9.20. The van der Waals surface area contributed by atoms with Gasteiger partial charge in [-0.1, -0.05) is 67.5 Å². The summed E-state index contributed by atoms with van der Waals surface area (Å²) in [6, 6.07) is 18.4. The molecule has 1 aromatic heterocycles. The quantitative estimate of drug-likeness (QED) is 0.170. The molecule has 3 aromatic carbocycles. The van der Waals surface area contributed by atoms with Gasteiger partial charge in [-0.25, -0.2) is 9.79 Å². The van der Waals surface area contributed by atoms with E-state index in [9.17, 15) is 9.59 Å². The maximum Gasteiger partial charge on any atom is 0.338 e. The van der Waals surface area contributed by atoms with E-state index in [4.69, 9.17) is 14.2 Å². The smallest absolute Gasteiger partial charge is 0.338 e. The van der Waals surface area contributed by atoms with Gasteiger partial charge in [-0.3, -0.25) is 9.36 Å². The van der Waals surface area contributed by atoms with Crippen LogP contribution in [0.15, 0.2) is 95.1 Å². The largest absolute Gasteiger partial charge is 0.494 e. The normalized spacial score (nSPS) is 14.7. The first-order valence-corrected chi connectivity index (χ1v) is 16.7. The van der Waals surface area contributed by atoms with Crippen LogP contribution in [0.2, 0.25) is 0 Å². The summed E-state index contributed by atoms with van der Waals surface area (Å²) in [4.78, 5) is 32.5. The fourth-order valence-corrected chi connectivity index (χ4v) is 7.41. The number of carbonyl (C=O) groups excluding carboxylic acids is 1. The number of fused-ring (bicyclic) bond motifs is 1. The zero-order valence-electron chi connectivity index (χ0n) is 23.5. The monoisotopic (exact) mass is 788 g/mol. The summed E-state index contributed by atoms with van der Waals surface area (Å²) >= 11 is 11.9. The van der Waals surface area contributed by atoms with Crippen molar-refractivity contribution in [2.75, 3.05) is 13.2 Å². The van der Waals surface area contributed by atoms with E-state index >= 15 is 0 Å². The number of carbonyl (C=O) groups is 1. The lowest BCUT2D eigenvalue weighted by Crippen LogP contribution is -2.39. The number of hydrogen-bond donors (Lipinski definition) is 0. The number of aromatic nitrogens is 1. The molecule has 7 nitrogen and oxygen atoms in total. The van der Waals surface area contributed by atoms with Crippen LogP contribution in [-0.2, 0) is 16.1 Å². The van der Waals surface area contributed by atoms with Crippen LogP contribution in [0.3, 0.4) is 0 Å². The maximum absolute atomic E-state index is 14.1. The van der Waals surface area contributed by atoms with Crippen molar-refractivity contribution < 1.29 is 19.0 Å². The average Bonchev–Trinajstić information content (AvgIpc) is 3.27. The van der Waals surface area contributed by atoms with Gasteiger partial charge >= 0.3 is 5.97 Å². The zero-order valence-corrected chi connectivity index (χ0v) is 29.1. The van der Waals surface area contributed by atoms with Crippen molar-refractivity contribution in [2.45, 2.75) is 33.4 Å². The van der Waals surface area contributed by atoms with Gasteiger partial charge < -0.3 is 14.2 Å². The number of allylic oxidation sites excluding steroid dienone is 1. The molecule has 0 spiro atoms. The van der Waals surface area contributed by atoms with Crippen molar-refractivity contribution in [3.05, 3.63) is 122 Å². The molecule has 1 atom stereocenters. The van der Waals surface area contributed by atoms with Crippen LogP contribution in [0.4, 0.5) is 0 Å². The van der Waals surface area contributed by atoms with Gasteiger partial charge in [0.1, 0.15) is 18.1 Å². The highest BCUT2D eigenvalue weighted by atomic mass is 79.9. The van der Waals surface area contributed by atoms with Gasteiger partial charge in [-0.2, -0.15) is 0 Å². The molecule has 5 rings (SSSR count). The molecule has 222 valence electrons. The van der Waals surface area contributed by atoms with E-state index in [1.807, 2.05) is 67.6 Å². The first kappa shape index (κ1) is 31.4. The Kier molecular flexibility index (Phi) is 10.1. The van der Waals surface area contributed by atoms with Gasteiger partial charge in [0, 0.05) is 14.5 Å². The molecule has 11 heteroatoms. The maximum atomic E-state index is 14.1. The molecule has 0 saturated carbocycles. The summed E-state index contributed by atoms with van der Waals surface area (Å²) in [5.41, 5.74) is 3.02. The second-order valence-corrected chi connectivity index (χ2v) is 13.2. The number of ether oxygens (including phenoxy) is 3. The van der Waals surface area contributed by atoms with E-state index in [-0.39, 0.29) is 12.2 Å². The molecule has 43 heavy (non-hydrogen) atoms. The molecule has 0 unspecified atom stereocenters. The van der Waals surface area contributed by atoms with Gasteiger partial charge in [0.05, 0.1) is 39.5 Å². The Morgan fingerprint density at radius 3 is 2.37 bits per heavy atom. The fourth-order valence-electron chi connectivity index (χ4n) is 4.74. The number of halogens is 3. The lowest BCUT2D eigenvalue weighted by atomic mass is 9.96. The first-order chi connectivity index (χ1) is 20.7. The van der Waals surface area contributed by atoms with Crippen LogP contribution in [0.25, 0.3) is 6.08 Å². The molecule has 0 amide bonds. The number of nitrogens with zero attached hydrogens (tertiary/aromatic N) is 2. The molecular weight excluding hydrogens is 764 g/mol. The van der Waals surface area contributed by atoms with Gasteiger partial charge in [0.2, 0.25) is 0 Å². The average molecular weight is 791 g/mol. The van der Waals surface area contributed by atoms with Gasteiger partial charge in [-0.05, 0) is 90.3 Å². The van der Waals surface area contributed by atoms with Crippen LogP contribution >= 0.6 is 59.1 Å². The molecule has 0 radical (unpaired) electrons. The molecule has 1 aliphatic heterocycles. The minimum Gasteiger partial charge on any atom is -0.494 e. The Balaban J connectivity index is 1.63. The Bertz CT molecular complexity index is 1880. The molecule has 0 fully saturated rings. The van der Waals surface area contributed by atoms with Crippen molar-refractivity contribution in [1.29, 1.82) is 0 Å². The van der Waals surface area contributed by atoms with Crippen molar-refractivity contribution >= 4 is 71.2 Å². The van der Waals surface area contributed by atoms with Crippen LogP contribution in [0.5, 0.6) is 11.5 Å². The van der Waals surface area contributed by atoms with Crippen LogP contribution in [0.1, 0.15) is 43.5 Å². The Hall–Kier alpha value is -2.99. The van der Waals surface area contributed by atoms with E-state index in [0.29, 0.717) is 50.9 Å². The SMILES string of the molecule is CCOC(=O)C1=C(C)N=c2s/c(=C\c3cc(Br)cc(Br)c3OCc3ccc(Br)cc3)c(=O)n2[C@@H]1c1ccc(OCC)cc1. The Morgan fingerprint density at radius 2 is 1.70 bits per heavy atom. The number of esters is 1. The van der Waals surface area contributed by atoms with E-state index < -0.39 is 12.0 Å². The Morgan fingerprint density at radius 1 is 0.977 bits per heavy atom. The highest BCUT2D eigenvalue weighted by molar-refractivity contribution is 9.11. The molecule has 1 aliphatic rings. The lowest BCUT2D eigenvalue weighted by molar-refractivity contribution is -0.139. The summed E-state index contributed by atoms with van der Waals surface area (Å²) in [5.74, 6) is 0.799. The number of hydrogen-bond acceptors (Lipinski definition) is 7. The van der Waals surface area contributed by atoms with Crippen LogP contribution in [-0.4, -0.2) is 23.8 Å². The van der Waals surface area contributed by atoms with Gasteiger partial charge in [-0.15, -0.1) is 0 Å². The second kappa shape index (κ2) is 13.8. The minimum atomic E-state index is -0.713. The van der Waals surface area contributed by atoms with E-state index in [1.165, 1.54) is 11.3 Å². The lowest BCUT2D eigenvalue weighted by Gasteiger charge is -2.24. The van der Waals surface area contributed by atoms with Crippen molar-refractivity contribution in [1.82, 2.24) is 4.57 Å². The zero-order chi connectivity index (χ0) is 30.7. The fraction of sp³-hybridized carbons (Fsp3) is 0.219. The summed E-state index contributed by atoms with van der Waals surface area (Å²) in [6.07, 6.45) is 1.80. The van der Waals surface area contributed by atoms with Gasteiger partial charge in [0.15, 0.2) is 4.80 Å². The number of benzene rings is 3. The summed E-state index contributed by atoms with van der Waals surface area (Å²) < 4.78 is 21.8. The van der Waals surface area contributed by atoms with E-state index in [1.54, 1.807) is 24.5 Å². The molecule has 0 saturated heterocycles. The summed E-state index contributed by atoms with van der Waals surface area (Å²) in [5, 5.41) is 0. The predicted molar refractivity (Wildman–Crippen MR) is 178 cm³/mol. The first-order valence-electron chi connectivity index (χ1n) is 13.5. The van der Waals surface area contributed by atoms with Crippen LogP contribution < -0.4 is 24.4 Å². The van der Waals surface area contributed by atoms with Gasteiger partial charge in [0.25, 0.3) is 5.56 Å². The van der Waals surface area contributed by atoms with E-state index in [0.717, 1.165) is 24.5 Å². The minimum absolute atomic E-state index is 0.205. The molecule has 0 aliphatic carbocycles. The third kappa shape index (κ3) is 6.90. The molecule has 0 N–H and O–H groups in total. The van der Waals surface area contributed by atoms with Crippen molar-refractivity contribution in [2.24, 2.45) is 4.99 Å². The highest BCUT2D eigenvalue weighted by Crippen LogP contribution is 2.35. The summed E-state index contributed by atoms with van der Waals surface area (Å²) in [6.45, 7) is 6.51. The topological polar surface area (TPSA) is 79.1 Å². The number of thiazole rings is 1. The van der Waals surface area contributed by atoms with Crippen molar-refractivity contribution in [3.63, 3.8) is 0 Å². The predicted octanol–water partition coefficient (Wildman–Crippen LogP) is 7.06. The van der Waals surface area contributed by atoms with Crippen LogP contribution in [0, 0.1) is 0 Å². The van der Waals surface area contributed by atoms with E-state index in [2.05, 4.69) is 52.8 Å². The number of rotatable bonds is 9. The molecule has 4 aromatic rings. The third-order valence-electron chi connectivity index (χ3n) is 6.64. The molecule has 0 bridgehead atoms. The van der Waals surface area contributed by atoms with Crippen molar-refractivity contribution in [3.8, 4) is 11.5 Å². The molecular formula is C32H27Br3N2O5S. The standard InChI is InChI=1S/C32H27Br3N2O5S/c1-4-40-24-12-8-20(9-13-24)28-27(31(39)41-5-2)18(3)36-32-37(28)30(38)26(43-32)15-21-14-23(34)16-25(35)29(21)42-17-19-6-10-22(33)11-7-19/h6-16,28H,4-5,17H2,1-3H3/b26-15-/t28-/m1/s1. The Labute approximate surface area is 277 Å². The highest BCUT2D eigenvalue weighted by Gasteiger charge is 2.33. The molecule has 2 heterocycles. The second-order valence-electron chi connectivity index (χ2n) is 9.53.